The Labute approximate surface area is 224 Å². The SMILES string of the molecule is CCN(CC)c1ccc(C=C2CCC(C=NNC(=S)Nc3ccc(Cl)cc3)=C2N2CCOCC2)cc1. The van der Waals surface area contributed by atoms with E-state index in [1.54, 1.807) is 0 Å². The van der Waals surface area contributed by atoms with Crippen molar-refractivity contribution < 1.29 is 4.74 Å². The van der Waals surface area contributed by atoms with Gasteiger partial charge in [0.2, 0.25) is 0 Å². The molecule has 0 amide bonds. The molecule has 2 aliphatic rings. The highest BCUT2D eigenvalue weighted by Crippen LogP contribution is 2.35. The molecule has 6 nitrogen and oxygen atoms in total. The molecular weight excluding hydrogens is 490 g/mol. The minimum atomic E-state index is 0.434. The predicted octanol–water partition coefficient (Wildman–Crippen LogP) is 5.92. The average Bonchev–Trinajstić information content (AvgIpc) is 3.29. The zero-order valence-electron chi connectivity index (χ0n) is 21.0. The van der Waals surface area contributed by atoms with Gasteiger partial charge >= 0.3 is 0 Å². The largest absolute Gasteiger partial charge is 0.378 e. The number of thiocarbonyl (C=S) groups is 1. The summed E-state index contributed by atoms with van der Waals surface area (Å²) >= 11 is 11.3. The highest BCUT2D eigenvalue weighted by Gasteiger charge is 2.25. The van der Waals surface area contributed by atoms with Crippen LogP contribution in [0.25, 0.3) is 6.08 Å². The van der Waals surface area contributed by atoms with Crippen molar-refractivity contribution in [2.75, 3.05) is 49.6 Å². The first-order valence-corrected chi connectivity index (χ1v) is 13.3. The van der Waals surface area contributed by atoms with Crippen molar-refractivity contribution in [3.05, 3.63) is 76.0 Å². The second kappa shape index (κ2) is 12.9. The first kappa shape index (κ1) is 26.2. The predicted molar refractivity (Wildman–Crippen MR) is 156 cm³/mol. The van der Waals surface area contributed by atoms with Crippen LogP contribution in [0.1, 0.15) is 32.3 Å². The van der Waals surface area contributed by atoms with Crippen LogP contribution < -0.4 is 15.6 Å². The second-order valence-corrected chi connectivity index (χ2v) is 9.58. The van der Waals surface area contributed by atoms with E-state index in [0.29, 0.717) is 10.1 Å². The molecule has 36 heavy (non-hydrogen) atoms. The molecule has 0 spiro atoms. The third-order valence-corrected chi connectivity index (χ3v) is 6.90. The summed E-state index contributed by atoms with van der Waals surface area (Å²) in [6, 6.07) is 16.2. The molecule has 0 radical (unpaired) electrons. The highest BCUT2D eigenvalue weighted by molar-refractivity contribution is 7.80. The van der Waals surface area contributed by atoms with Crippen molar-refractivity contribution in [3.63, 3.8) is 0 Å². The smallest absolute Gasteiger partial charge is 0.191 e. The van der Waals surface area contributed by atoms with E-state index in [0.717, 1.165) is 57.9 Å². The van der Waals surface area contributed by atoms with Gasteiger partial charge in [-0.25, -0.2) is 0 Å². The number of hydrazone groups is 1. The third-order valence-electron chi connectivity index (χ3n) is 6.45. The maximum absolute atomic E-state index is 5.95. The normalized spacial score (nSPS) is 17.2. The molecule has 8 heteroatoms. The number of nitrogens with zero attached hydrogens (tertiary/aromatic N) is 3. The van der Waals surface area contributed by atoms with Crippen LogP contribution in [-0.4, -0.2) is 55.6 Å². The van der Waals surface area contributed by atoms with Crippen molar-refractivity contribution in [2.24, 2.45) is 5.10 Å². The maximum Gasteiger partial charge on any atom is 0.191 e. The van der Waals surface area contributed by atoms with E-state index in [4.69, 9.17) is 28.6 Å². The van der Waals surface area contributed by atoms with Crippen molar-refractivity contribution in [3.8, 4) is 0 Å². The first-order chi connectivity index (χ1) is 17.6. The molecule has 1 heterocycles. The third kappa shape index (κ3) is 6.87. The molecular formula is C28H34ClN5OS. The molecule has 0 bridgehead atoms. The van der Waals surface area contributed by atoms with Gasteiger partial charge in [0, 0.05) is 48.3 Å². The summed E-state index contributed by atoms with van der Waals surface area (Å²) in [5.74, 6) is 0. The van der Waals surface area contributed by atoms with Crippen molar-refractivity contribution in [1.29, 1.82) is 0 Å². The minimum absolute atomic E-state index is 0.434. The topological polar surface area (TPSA) is 52.1 Å². The van der Waals surface area contributed by atoms with Gasteiger partial charge in [-0.1, -0.05) is 23.7 Å². The Hall–Kier alpha value is -2.87. The Morgan fingerprint density at radius 1 is 1.06 bits per heavy atom. The highest BCUT2D eigenvalue weighted by atomic mass is 35.5. The van der Waals surface area contributed by atoms with Crippen LogP contribution in [0.3, 0.4) is 0 Å². The standard InChI is InChI=1S/C28H34ClN5OS/c1-3-33(4-2)26-13-5-21(6-14-26)19-22-7-8-23(27(22)34-15-17-35-18-16-34)20-30-32-28(36)31-25-11-9-24(29)10-12-25/h5-6,9-14,19-20H,3-4,7-8,15-18H2,1-2H3,(H2,31,32,36). The molecule has 0 saturated carbocycles. The number of morpholine rings is 1. The Morgan fingerprint density at radius 2 is 1.75 bits per heavy atom. The minimum Gasteiger partial charge on any atom is -0.378 e. The number of hydrogen-bond donors (Lipinski definition) is 2. The number of benzene rings is 2. The van der Waals surface area contributed by atoms with E-state index in [-0.39, 0.29) is 0 Å². The van der Waals surface area contributed by atoms with Gasteiger partial charge < -0.3 is 19.9 Å². The monoisotopic (exact) mass is 523 g/mol. The van der Waals surface area contributed by atoms with Crippen molar-refractivity contribution in [2.45, 2.75) is 26.7 Å². The van der Waals surface area contributed by atoms with E-state index in [2.05, 4.69) is 69.8 Å². The van der Waals surface area contributed by atoms with E-state index >= 15 is 0 Å². The maximum atomic E-state index is 5.95. The fraction of sp³-hybridized carbons (Fsp3) is 0.357. The van der Waals surface area contributed by atoms with Crippen molar-refractivity contribution >= 4 is 52.6 Å². The van der Waals surface area contributed by atoms with Crippen LogP contribution in [0.2, 0.25) is 5.02 Å². The molecule has 2 N–H and O–H groups in total. The van der Waals surface area contributed by atoms with Gasteiger partial charge in [0.25, 0.3) is 0 Å². The van der Waals surface area contributed by atoms with E-state index in [1.807, 2.05) is 30.5 Å². The zero-order valence-corrected chi connectivity index (χ0v) is 22.5. The van der Waals surface area contributed by atoms with E-state index in [9.17, 15) is 0 Å². The number of hydrogen-bond acceptors (Lipinski definition) is 5. The van der Waals surface area contributed by atoms with Gasteiger partial charge in [0.15, 0.2) is 5.11 Å². The lowest BCUT2D eigenvalue weighted by molar-refractivity contribution is 0.0548. The van der Waals surface area contributed by atoms with E-state index in [1.165, 1.54) is 28.1 Å². The average molecular weight is 524 g/mol. The lowest BCUT2D eigenvalue weighted by Crippen LogP contribution is -2.36. The van der Waals surface area contributed by atoms with Gasteiger partial charge in [0.05, 0.1) is 19.4 Å². The van der Waals surface area contributed by atoms with E-state index < -0.39 is 0 Å². The Morgan fingerprint density at radius 3 is 2.42 bits per heavy atom. The van der Waals surface area contributed by atoms with Gasteiger partial charge in [0.1, 0.15) is 0 Å². The fourth-order valence-corrected chi connectivity index (χ4v) is 4.90. The Kier molecular flexibility index (Phi) is 9.39. The summed E-state index contributed by atoms with van der Waals surface area (Å²) in [6.07, 6.45) is 6.15. The molecule has 0 aromatic heterocycles. The fourth-order valence-electron chi connectivity index (χ4n) is 4.60. The Bertz CT molecular complexity index is 1120. The summed E-state index contributed by atoms with van der Waals surface area (Å²) in [5, 5.41) is 8.69. The quantitative estimate of drug-likeness (QED) is 0.254. The molecule has 190 valence electrons. The molecule has 2 aromatic rings. The summed E-state index contributed by atoms with van der Waals surface area (Å²) < 4.78 is 5.61. The van der Waals surface area contributed by atoms with Crippen LogP contribution in [0, 0.1) is 0 Å². The van der Waals surface area contributed by atoms with Gasteiger partial charge in [-0.2, -0.15) is 5.10 Å². The number of nitrogens with one attached hydrogen (secondary N) is 2. The number of anilines is 2. The summed E-state index contributed by atoms with van der Waals surface area (Å²) in [4.78, 5) is 4.79. The lowest BCUT2D eigenvalue weighted by Gasteiger charge is -2.31. The van der Waals surface area contributed by atoms with Gasteiger partial charge in [-0.3, -0.25) is 5.43 Å². The first-order valence-electron chi connectivity index (χ1n) is 12.5. The van der Waals surface area contributed by atoms with Gasteiger partial charge in [-0.15, -0.1) is 0 Å². The van der Waals surface area contributed by atoms with Crippen LogP contribution in [0.5, 0.6) is 0 Å². The van der Waals surface area contributed by atoms with Crippen LogP contribution in [-0.2, 0) is 4.74 Å². The van der Waals surface area contributed by atoms with Crippen LogP contribution in [0.15, 0.2) is 70.5 Å². The molecule has 0 atom stereocenters. The molecule has 0 unspecified atom stereocenters. The molecule has 2 aromatic carbocycles. The number of halogens is 1. The Balaban J connectivity index is 1.50. The van der Waals surface area contributed by atoms with Gasteiger partial charge in [-0.05, 0) is 98.1 Å². The number of allylic oxidation sites excluding steroid dienone is 2. The number of ether oxygens (including phenoxy) is 1. The lowest BCUT2D eigenvalue weighted by atomic mass is 10.1. The zero-order chi connectivity index (χ0) is 25.3. The molecule has 1 aliphatic carbocycles. The molecule has 1 saturated heterocycles. The second-order valence-electron chi connectivity index (χ2n) is 8.74. The summed E-state index contributed by atoms with van der Waals surface area (Å²) in [7, 11) is 0. The van der Waals surface area contributed by atoms with Crippen LogP contribution >= 0.6 is 23.8 Å². The molecule has 1 aliphatic heterocycles. The number of rotatable bonds is 8. The summed E-state index contributed by atoms with van der Waals surface area (Å²) in [6.45, 7) is 9.65. The van der Waals surface area contributed by atoms with Crippen LogP contribution in [0.4, 0.5) is 11.4 Å². The molecule has 1 fully saturated rings. The molecule has 4 rings (SSSR count). The van der Waals surface area contributed by atoms with Crippen molar-refractivity contribution in [1.82, 2.24) is 10.3 Å². The summed E-state index contributed by atoms with van der Waals surface area (Å²) in [5.41, 5.74) is 10.1.